The van der Waals surface area contributed by atoms with Crippen molar-refractivity contribution in [2.75, 3.05) is 6.61 Å². The molecule has 8 heteroatoms. The number of nitrogens with one attached hydrogen (secondary N) is 1. The Kier molecular flexibility index (Phi) is 7.26. The van der Waals surface area contributed by atoms with Gasteiger partial charge in [0, 0.05) is 5.56 Å². The SMILES string of the molecule is Cc1ccc(S(=O)(=O)N[C@H](C(=O)OCC(=O)c2ccc(F)cc2)C(C)C)cc1C. The van der Waals surface area contributed by atoms with Crippen molar-refractivity contribution in [3.8, 4) is 0 Å². The van der Waals surface area contributed by atoms with Gasteiger partial charge in [0.15, 0.2) is 12.4 Å². The van der Waals surface area contributed by atoms with Gasteiger partial charge in [0.05, 0.1) is 4.90 Å². The van der Waals surface area contributed by atoms with E-state index in [2.05, 4.69) is 4.72 Å². The van der Waals surface area contributed by atoms with Crippen molar-refractivity contribution in [2.45, 2.75) is 38.6 Å². The minimum Gasteiger partial charge on any atom is -0.456 e. The summed E-state index contributed by atoms with van der Waals surface area (Å²) in [6, 6.07) is 8.34. The monoisotopic (exact) mass is 421 g/mol. The average Bonchev–Trinajstić information content (AvgIpc) is 2.66. The van der Waals surface area contributed by atoms with Gasteiger partial charge in [0.2, 0.25) is 10.0 Å². The molecule has 1 atom stereocenters. The number of ketones is 1. The number of aryl methyl sites for hydroxylation is 2. The smallest absolute Gasteiger partial charge is 0.324 e. The molecule has 0 heterocycles. The quantitative estimate of drug-likeness (QED) is 0.522. The Morgan fingerprint density at radius 1 is 1.03 bits per heavy atom. The number of halogens is 1. The summed E-state index contributed by atoms with van der Waals surface area (Å²) in [5, 5.41) is 0. The van der Waals surface area contributed by atoms with Crippen LogP contribution in [0, 0.1) is 25.6 Å². The highest BCUT2D eigenvalue weighted by molar-refractivity contribution is 7.89. The van der Waals surface area contributed by atoms with Crippen molar-refractivity contribution in [3.05, 3.63) is 65.0 Å². The predicted molar refractivity (Wildman–Crippen MR) is 107 cm³/mol. The first-order chi connectivity index (χ1) is 13.5. The number of ether oxygens (including phenoxy) is 1. The highest BCUT2D eigenvalue weighted by Crippen LogP contribution is 2.17. The van der Waals surface area contributed by atoms with E-state index in [9.17, 15) is 22.4 Å². The van der Waals surface area contributed by atoms with Gasteiger partial charge >= 0.3 is 5.97 Å². The minimum atomic E-state index is -3.96. The highest BCUT2D eigenvalue weighted by Gasteiger charge is 2.30. The van der Waals surface area contributed by atoms with E-state index in [1.54, 1.807) is 26.8 Å². The molecule has 0 spiro atoms. The fourth-order valence-corrected chi connectivity index (χ4v) is 3.94. The molecule has 29 heavy (non-hydrogen) atoms. The van der Waals surface area contributed by atoms with Crippen molar-refractivity contribution >= 4 is 21.8 Å². The number of rotatable bonds is 8. The van der Waals surface area contributed by atoms with Crippen LogP contribution < -0.4 is 4.72 Å². The van der Waals surface area contributed by atoms with Crippen LogP contribution in [0.2, 0.25) is 0 Å². The summed E-state index contributed by atoms with van der Waals surface area (Å²) in [4.78, 5) is 24.6. The van der Waals surface area contributed by atoms with Crippen LogP contribution in [-0.2, 0) is 19.6 Å². The van der Waals surface area contributed by atoms with Crippen molar-refractivity contribution in [1.82, 2.24) is 4.72 Å². The number of Topliss-reactive ketones (excluding diaryl/α,β-unsaturated/α-hetero) is 1. The third-order valence-electron chi connectivity index (χ3n) is 4.50. The van der Waals surface area contributed by atoms with Gasteiger partial charge in [-0.2, -0.15) is 4.72 Å². The fraction of sp³-hybridized carbons (Fsp3) is 0.333. The number of esters is 1. The molecule has 0 aliphatic heterocycles. The van der Waals surface area contributed by atoms with Gasteiger partial charge in [-0.3, -0.25) is 9.59 Å². The highest BCUT2D eigenvalue weighted by atomic mass is 32.2. The molecule has 2 rings (SSSR count). The van der Waals surface area contributed by atoms with Crippen LogP contribution in [0.5, 0.6) is 0 Å². The largest absolute Gasteiger partial charge is 0.456 e. The molecule has 0 aliphatic rings. The van der Waals surface area contributed by atoms with E-state index in [-0.39, 0.29) is 10.5 Å². The number of hydrogen-bond acceptors (Lipinski definition) is 5. The molecule has 0 radical (unpaired) electrons. The molecular formula is C21H24FNO5S. The summed E-state index contributed by atoms with van der Waals surface area (Å²) in [6.45, 7) is 6.42. The van der Waals surface area contributed by atoms with E-state index in [0.717, 1.165) is 23.3 Å². The summed E-state index contributed by atoms with van der Waals surface area (Å²) in [5.74, 6) is -2.27. The lowest BCUT2D eigenvalue weighted by Gasteiger charge is -2.21. The number of carbonyl (C=O) groups is 2. The minimum absolute atomic E-state index is 0.0430. The maximum Gasteiger partial charge on any atom is 0.324 e. The molecule has 1 N–H and O–H groups in total. The summed E-state index contributed by atoms with van der Waals surface area (Å²) < 4.78 is 45.7. The first-order valence-corrected chi connectivity index (χ1v) is 10.5. The van der Waals surface area contributed by atoms with E-state index in [0.29, 0.717) is 0 Å². The lowest BCUT2D eigenvalue weighted by molar-refractivity contribution is -0.145. The van der Waals surface area contributed by atoms with Crippen molar-refractivity contribution in [1.29, 1.82) is 0 Å². The average molecular weight is 421 g/mol. The number of carbonyl (C=O) groups excluding carboxylic acids is 2. The molecule has 2 aromatic carbocycles. The van der Waals surface area contributed by atoms with Crippen molar-refractivity contribution in [2.24, 2.45) is 5.92 Å². The van der Waals surface area contributed by atoms with Crippen LogP contribution >= 0.6 is 0 Å². The molecule has 0 fully saturated rings. The van der Waals surface area contributed by atoms with E-state index in [1.807, 2.05) is 6.92 Å². The summed E-state index contributed by atoms with van der Waals surface area (Å²) in [6.07, 6.45) is 0. The van der Waals surface area contributed by atoms with Gasteiger partial charge in [-0.1, -0.05) is 19.9 Å². The molecule has 6 nitrogen and oxygen atoms in total. The van der Waals surface area contributed by atoms with Gasteiger partial charge in [-0.05, 0) is 67.3 Å². The van der Waals surface area contributed by atoms with Crippen LogP contribution in [0.1, 0.15) is 35.3 Å². The molecular weight excluding hydrogens is 397 g/mol. The normalized spacial score (nSPS) is 12.6. The summed E-state index contributed by atoms with van der Waals surface area (Å²) in [7, 11) is -3.96. The molecule has 0 unspecified atom stereocenters. The Balaban J connectivity index is 2.09. The van der Waals surface area contributed by atoms with Crippen molar-refractivity contribution in [3.63, 3.8) is 0 Å². The molecule has 156 valence electrons. The standard InChI is InChI=1S/C21H24FNO5S/c1-13(2)20(23-29(26,27)18-10-5-14(3)15(4)11-18)21(25)28-12-19(24)16-6-8-17(22)9-7-16/h5-11,13,20,23H,12H2,1-4H3/t20-/m0/s1. The molecule has 0 saturated heterocycles. The Morgan fingerprint density at radius 2 is 1.66 bits per heavy atom. The fourth-order valence-electron chi connectivity index (χ4n) is 2.52. The Morgan fingerprint density at radius 3 is 2.21 bits per heavy atom. The zero-order valence-corrected chi connectivity index (χ0v) is 17.5. The van der Waals surface area contributed by atoms with E-state index < -0.39 is 46.2 Å². The first kappa shape index (κ1) is 22.7. The Labute approximate surface area is 170 Å². The van der Waals surface area contributed by atoms with Gasteiger partial charge < -0.3 is 4.74 Å². The second-order valence-electron chi connectivity index (χ2n) is 7.13. The lowest BCUT2D eigenvalue weighted by Crippen LogP contribution is -2.45. The summed E-state index contributed by atoms with van der Waals surface area (Å²) in [5.41, 5.74) is 1.94. The van der Waals surface area contributed by atoms with Crippen molar-refractivity contribution < 1.29 is 27.1 Å². The van der Waals surface area contributed by atoms with Gasteiger partial charge in [-0.25, -0.2) is 12.8 Å². The van der Waals surface area contributed by atoms with E-state index in [4.69, 9.17) is 4.74 Å². The number of hydrogen-bond donors (Lipinski definition) is 1. The van der Waals surface area contributed by atoms with Crippen LogP contribution in [0.25, 0.3) is 0 Å². The first-order valence-electron chi connectivity index (χ1n) is 9.06. The summed E-state index contributed by atoms with van der Waals surface area (Å²) >= 11 is 0. The van der Waals surface area contributed by atoms with Gasteiger partial charge in [0.1, 0.15) is 11.9 Å². The zero-order valence-electron chi connectivity index (χ0n) is 16.7. The van der Waals surface area contributed by atoms with E-state index >= 15 is 0 Å². The molecule has 0 aromatic heterocycles. The third-order valence-corrected chi connectivity index (χ3v) is 5.94. The maximum atomic E-state index is 12.9. The molecule has 0 amide bonds. The van der Waals surface area contributed by atoms with Crippen LogP contribution in [0.3, 0.4) is 0 Å². The van der Waals surface area contributed by atoms with Crippen LogP contribution in [0.4, 0.5) is 4.39 Å². The Bertz CT molecular complexity index is 1000. The number of sulfonamides is 1. The molecule has 0 aliphatic carbocycles. The van der Waals surface area contributed by atoms with Gasteiger partial charge in [-0.15, -0.1) is 0 Å². The molecule has 0 saturated carbocycles. The second kappa shape index (κ2) is 9.28. The topological polar surface area (TPSA) is 89.5 Å². The molecule has 2 aromatic rings. The number of benzene rings is 2. The predicted octanol–water partition coefficient (Wildman–Crippen LogP) is 3.17. The van der Waals surface area contributed by atoms with Crippen LogP contribution in [-0.4, -0.2) is 32.8 Å². The lowest BCUT2D eigenvalue weighted by atomic mass is 10.1. The van der Waals surface area contributed by atoms with Gasteiger partial charge in [0.25, 0.3) is 0 Å². The third kappa shape index (κ3) is 5.95. The molecule has 0 bridgehead atoms. The van der Waals surface area contributed by atoms with E-state index in [1.165, 1.54) is 24.3 Å². The zero-order chi connectivity index (χ0) is 21.8. The maximum absolute atomic E-state index is 12.9. The second-order valence-corrected chi connectivity index (χ2v) is 8.84. The Hall–Kier alpha value is -2.58. The van der Waals surface area contributed by atoms with Crippen LogP contribution in [0.15, 0.2) is 47.4 Å².